The van der Waals surface area contributed by atoms with Crippen molar-refractivity contribution in [3.8, 4) is 0 Å². The molecule has 0 atom stereocenters. The van der Waals surface area contributed by atoms with E-state index in [2.05, 4.69) is 23.1 Å². The van der Waals surface area contributed by atoms with Crippen molar-refractivity contribution >= 4 is 23.4 Å². The summed E-state index contributed by atoms with van der Waals surface area (Å²) in [6.07, 6.45) is 0.237. The van der Waals surface area contributed by atoms with Gasteiger partial charge in [-0.05, 0) is 67.0 Å². The molecule has 31 heavy (non-hydrogen) atoms. The Labute approximate surface area is 186 Å². The predicted octanol–water partition coefficient (Wildman–Crippen LogP) is 6.83. The SMILES string of the molecule is CCOC(=O)CCCCCCSc1cccc2c1CN(c1ccc(C(F)(F)F)cc1)C2. The fraction of sp³-hybridized carbons (Fsp3) is 0.458. The second kappa shape index (κ2) is 10.9. The van der Waals surface area contributed by atoms with Crippen LogP contribution in [-0.2, 0) is 28.8 Å². The van der Waals surface area contributed by atoms with Crippen LogP contribution in [-0.4, -0.2) is 18.3 Å². The molecule has 0 unspecified atom stereocenters. The molecule has 0 saturated carbocycles. The first-order valence-corrected chi connectivity index (χ1v) is 11.7. The first-order valence-electron chi connectivity index (χ1n) is 10.7. The molecule has 0 N–H and O–H groups in total. The summed E-state index contributed by atoms with van der Waals surface area (Å²) in [5, 5.41) is 0. The van der Waals surface area contributed by atoms with Gasteiger partial charge in [-0.25, -0.2) is 0 Å². The van der Waals surface area contributed by atoms with E-state index in [9.17, 15) is 18.0 Å². The first kappa shape index (κ1) is 23.5. The molecule has 1 aliphatic heterocycles. The van der Waals surface area contributed by atoms with Crippen LogP contribution in [0.2, 0.25) is 0 Å². The van der Waals surface area contributed by atoms with Crippen molar-refractivity contribution in [1.82, 2.24) is 0 Å². The molecule has 3 nitrogen and oxygen atoms in total. The number of unbranched alkanes of at least 4 members (excludes halogenated alkanes) is 3. The number of halogens is 3. The standard InChI is InChI=1S/C24H28F3NO2S/c1-2-30-23(29)10-5-3-4-6-15-31-22-9-7-8-18-16-28(17-21(18)22)20-13-11-19(12-14-20)24(25,26)27/h7-9,11-14H,2-6,10,15-17H2,1H3. The molecule has 1 heterocycles. The Kier molecular flexibility index (Phi) is 8.29. The highest BCUT2D eigenvalue weighted by molar-refractivity contribution is 7.99. The molecule has 1 aliphatic rings. The van der Waals surface area contributed by atoms with Crippen molar-refractivity contribution in [3.63, 3.8) is 0 Å². The highest BCUT2D eigenvalue weighted by Crippen LogP contribution is 2.36. The van der Waals surface area contributed by atoms with E-state index in [1.807, 2.05) is 18.7 Å². The minimum Gasteiger partial charge on any atom is -0.466 e. The molecule has 0 spiro atoms. The maximum atomic E-state index is 12.8. The molecule has 0 aliphatic carbocycles. The van der Waals surface area contributed by atoms with Crippen molar-refractivity contribution in [2.75, 3.05) is 17.3 Å². The number of thioether (sulfide) groups is 1. The smallest absolute Gasteiger partial charge is 0.416 e. The van der Waals surface area contributed by atoms with Gasteiger partial charge >= 0.3 is 12.1 Å². The van der Waals surface area contributed by atoms with Gasteiger partial charge in [-0.1, -0.05) is 25.0 Å². The van der Waals surface area contributed by atoms with Crippen LogP contribution in [0.25, 0.3) is 0 Å². The summed E-state index contributed by atoms with van der Waals surface area (Å²) < 4.78 is 43.4. The van der Waals surface area contributed by atoms with E-state index in [0.717, 1.165) is 49.3 Å². The van der Waals surface area contributed by atoms with Gasteiger partial charge in [0.25, 0.3) is 0 Å². The number of hydrogen-bond donors (Lipinski definition) is 0. The number of benzene rings is 2. The summed E-state index contributed by atoms with van der Waals surface area (Å²) in [5.74, 6) is 0.894. The van der Waals surface area contributed by atoms with Gasteiger partial charge in [0.2, 0.25) is 0 Å². The Morgan fingerprint density at radius 2 is 1.77 bits per heavy atom. The number of esters is 1. The van der Waals surface area contributed by atoms with Crippen molar-refractivity contribution in [3.05, 3.63) is 59.2 Å². The topological polar surface area (TPSA) is 29.5 Å². The maximum Gasteiger partial charge on any atom is 0.416 e. The summed E-state index contributed by atoms with van der Waals surface area (Å²) in [7, 11) is 0. The third kappa shape index (κ3) is 6.66. The first-order chi connectivity index (χ1) is 14.9. The molecule has 0 saturated heterocycles. The van der Waals surface area contributed by atoms with Crippen molar-refractivity contribution < 1.29 is 22.7 Å². The van der Waals surface area contributed by atoms with Gasteiger partial charge in [0.05, 0.1) is 12.2 Å². The van der Waals surface area contributed by atoms with Crippen LogP contribution >= 0.6 is 11.8 Å². The number of carbonyl (C=O) groups is 1. The minimum atomic E-state index is -4.31. The Balaban J connectivity index is 1.47. The number of carbonyl (C=O) groups excluding carboxylic acids is 1. The van der Waals surface area contributed by atoms with Gasteiger partial charge in [-0.2, -0.15) is 13.2 Å². The summed E-state index contributed by atoms with van der Waals surface area (Å²) in [4.78, 5) is 14.7. The Morgan fingerprint density at radius 1 is 1.03 bits per heavy atom. The zero-order valence-electron chi connectivity index (χ0n) is 17.7. The lowest BCUT2D eigenvalue weighted by Crippen LogP contribution is -2.15. The molecule has 0 amide bonds. The van der Waals surface area contributed by atoms with Crippen LogP contribution in [0.4, 0.5) is 18.9 Å². The maximum absolute atomic E-state index is 12.8. The highest BCUT2D eigenvalue weighted by Gasteiger charge is 2.30. The van der Waals surface area contributed by atoms with Crippen LogP contribution < -0.4 is 4.90 Å². The molecule has 2 aromatic rings. The molecular formula is C24H28F3NO2S. The Hall–Kier alpha value is -2.15. The van der Waals surface area contributed by atoms with Crippen molar-refractivity contribution in [2.24, 2.45) is 0 Å². The van der Waals surface area contributed by atoms with Gasteiger partial charge in [-0.15, -0.1) is 11.8 Å². The summed E-state index contributed by atoms with van der Waals surface area (Å²) in [6.45, 7) is 3.68. The number of rotatable bonds is 10. The molecule has 7 heteroatoms. The van der Waals surface area contributed by atoms with Crippen LogP contribution in [0.5, 0.6) is 0 Å². The fourth-order valence-corrected chi connectivity index (χ4v) is 4.82. The highest BCUT2D eigenvalue weighted by atomic mass is 32.2. The average molecular weight is 452 g/mol. The lowest BCUT2D eigenvalue weighted by molar-refractivity contribution is -0.143. The summed E-state index contributed by atoms with van der Waals surface area (Å²) >= 11 is 1.83. The second-order valence-electron chi connectivity index (χ2n) is 7.61. The normalized spacial score (nSPS) is 13.4. The van der Waals surface area contributed by atoms with Gasteiger partial charge < -0.3 is 9.64 Å². The largest absolute Gasteiger partial charge is 0.466 e. The van der Waals surface area contributed by atoms with Crippen molar-refractivity contribution in [2.45, 2.75) is 63.2 Å². The van der Waals surface area contributed by atoms with Gasteiger partial charge in [0.15, 0.2) is 0 Å². The second-order valence-corrected chi connectivity index (χ2v) is 8.75. The van der Waals surface area contributed by atoms with Gasteiger partial charge in [0, 0.05) is 30.1 Å². The average Bonchev–Trinajstić information content (AvgIpc) is 3.18. The van der Waals surface area contributed by atoms with Crippen LogP contribution in [0.3, 0.4) is 0 Å². The van der Waals surface area contributed by atoms with Gasteiger partial charge in [0.1, 0.15) is 0 Å². The number of ether oxygens (including phenoxy) is 1. The lowest BCUT2D eigenvalue weighted by Gasteiger charge is -2.18. The van der Waals surface area contributed by atoms with E-state index in [1.165, 1.54) is 16.0 Å². The molecule has 0 aromatic heterocycles. The summed E-state index contributed by atoms with van der Waals surface area (Å²) in [5.41, 5.74) is 2.70. The molecule has 2 aromatic carbocycles. The third-order valence-corrected chi connectivity index (χ3v) is 6.52. The van der Waals surface area contributed by atoms with E-state index >= 15 is 0 Å². The molecule has 168 valence electrons. The molecule has 0 radical (unpaired) electrons. The van der Waals surface area contributed by atoms with Crippen LogP contribution in [0, 0.1) is 0 Å². The minimum absolute atomic E-state index is 0.116. The van der Waals surface area contributed by atoms with E-state index in [0.29, 0.717) is 26.1 Å². The number of alkyl halides is 3. The monoisotopic (exact) mass is 451 g/mol. The van der Waals surface area contributed by atoms with E-state index in [-0.39, 0.29) is 5.97 Å². The Bertz CT molecular complexity index is 868. The predicted molar refractivity (Wildman–Crippen MR) is 118 cm³/mol. The number of hydrogen-bond acceptors (Lipinski definition) is 4. The number of nitrogens with zero attached hydrogens (tertiary/aromatic N) is 1. The fourth-order valence-electron chi connectivity index (χ4n) is 3.71. The van der Waals surface area contributed by atoms with E-state index in [1.54, 1.807) is 12.1 Å². The van der Waals surface area contributed by atoms with E-state index < -0.39 is 11.7 Å². The molecule has 0 fully saturated rings. The van der Waals surface area contributed by atoms with E-state index in [4.69, 9.17) is 4.74 Å². The van der Waals surface area contributed by atoms with Crippen LogP contribution in [0.1, 0.15) is 55.7 Å². The summed E-state index contributed by atoms with van der Waals surface area (Å²) in [6, 6.07) is 11.7. The molecule has 0 bridgehead atoms. The van der Waals surface area contributed by atoms with Crippen molar-refractivity contribution in [1.29, 1.82) is 0 Å². The molecule has 3 rings (SSSR count). The third-order valence-electron chi connectivity index (χ3n) is 5.34. The Morgan fingerprint density at radius 3 is 2.48 bits per heavy atom. The van der Waals surface area contributed by atoms with Gasteiger partial charge in [-0.3, -0.25) is 4.79 Å². The zero-order valence-corrected chi connectivity index (χ0v) is 18.5. The number of fused-ring (bicyclic) bond motifs is 1. The quantitative estimate of drug-likeness (QED) is 0.225. The lowest BCUT2D eigenvalue weighted by atomic mass is 10.1. The molecular weight excluding hydrogens is 423 g/mol. The zero-order chi connectivity index (χ0) is 22.3. The number of anilines is 1. The van der Waals surface area contributed by atoms with Crippen LogP contribution in [0.15, 0.2) is 47.4 Å².